The van der Waals surface area contributed by atoms with Crippen LogP contribution >= 0.6 is 22.9 Å². The van der Waals surface area contributed by atoms with Gasteiger partial charge in [-0.2, -0.15) is 0 Å². The summed E-state index contributed by atoms with van der Waals surface area (Å²) in [5.74, 6) is 0. The van der Waals surface area contributed by atoms with Gasteiger partial charge in [-0.25, -0.2) is 18.1 Å². The lowest BCUT2D eigenvalue weighted by molar-refractivity contribution is 0.581. The SMILES string of the molecule is O=S(=O)(NCc1nc2ccccc2s1)c1cnccc1Cl. The van der Waals surface area contributed by atoms with E-state index in [1.165, 1.54) is 29.8 Å². The van der Waals surface area contributed by atoms with Crippen molar-refractivity contribution in [2.75, 3.05) is 0 Å². The molecule has 0 unspecified atom stereocenters. The van der Waals surface area contributed by atoms with Crippen molar-refractivity contribution in [2.24, 2.45) is 0 Å². The lowest BCUT2D eigenvalue weighted by Gasteiger charge is -2.05. The van der Waals surface area contributed by atoms with Crippen LogP contribution in [0.5, 0.6) is 0 Å². The Hall–Kier alpha value is -1.54. The molecule has 3 rings (SSSR count). The maximum Gasteiger partial charge on any atom is 0.243 e. The summed E-state index contributed by atoms with van der Waals surface area (Å²) in [6.45, 7) is 0.118. The number of hydrogen-bond donors (Lipinski definition) is 1. The van der Waals surface area contributed by atoms with Crippen molar-refractivity contribution < 1.29 is 8.42 Å². The molecule has 0 spiro atoms. The first-order chi connectivity index (χ1) is 10.1. The first-order valence-corrected chi connectivity index (χ1v) is 8.68. The Balaban J connectivity index is 1.82. The number of halogens is 1. The van der Waals surface area contributed by atoms with E-state index in [-0.39, 0.29) is 16.5 Å². The third-order valence-electron chi connectivity index (χ3n) is 2.78. The number of sulfonamides is 1. The minimum Gasteiger partial charge on any atom is -0.263 e. The first kappa shape index (κ1) is 14.4. The van der Waals surface area contributed by atoms with E-state index in [0.717, 1.165) is 10.2 Å². The van der Waals surface area contributed by atoms with Crippen molar-refractivity contribution in [3.63, 3.8) is 0 Å². The summed E-state index contributed by atoms with van der Waals surface area (Å²) >= 11 is 7.33. The standard InChI is InChI=1S/C13H10ClN3O2S2/c14-9-5-6-15-7-12(9)21(18,19)16-8-13-17-10-3-1-2-4-11(10)20-13/h1-7,16H,8H2. The van der Waals surface area contributed by atoms with Crippen LogP contribution in [0.1, 0.15) is 5.01 Å². The Morgan fingerprint density at radius 1 is 1.24 bits per heavy atom. The van der Waals surface area contributed by atoms with Crippen LogP contribution in [0.4, 0.5) is 0 Å². The minimum atomic E-state index is -3.70. The molecule has 108 valence electrons. The lowest BCUT2D eigenvalue weighted by atomic mass is 10.3. The number of benzene rings is 1. The van der Waals surface area contributed by atoms with Gasteiger partial charge in [0.25, 0.3) is 0 Å². The lowest BCUT2D eigenvalue weighted by Crippen LogP contribution is -2.23. The van der Waals surface area contributed by atoms with E-state index in [0.29, 0.717) is 5.01 Å². The predicted octanol–water partition coefficient (Wildman–Crippen LogP) is 2.82. The monoisotopic (exact) mass is 339 g/mol. The molecular weight excluding hydrogens is 330 g/mol. The second-order valence-corrected chi connectivity index (χ2v) is 7.46. The van der Waals surface area contributed by atoms with Crippen molar-refractivity contribution in [1.29, 1.82) is 0 Å². The van der Waals surface area contributed by atoms with Crippen molar-refractivity contribution in [3.8, 4) is 0 Å². The first-order valence-electron chi connectivity index (χ1n) is 6.00. The van der Waals surface area contributed by atoms with Crippen LogP contribution in [0.3, 0.4) is 0 Å². The van der Waals surface area contributed by atoms with Crippen molar-refractivity contribution in [3.05, 3.63) is 52.8 Å². The summed E-state index contributed by atoms with van der Waals surface area (Å²) in [6, 6.07) is 9.09. The summed E-state index contributed by atoms with van der Waals surface area (Å²) in [7, 11) is -3.70. The molecule has 0 aliphatic heterocycles. The number of rotatable bonds is 4. The van der Waals surface area contributed by atoms with Crippen molar-refractivity contribution in [2.45, 2.75) is 11.4 Å². The number of para-hydroxylation sites is 1. The van der Waals surface area contributed by atoms with E-state index in [2.05, 4.69) is 14.7 Å². The third-order valence-corrected chi connectivity index (χ3v) is 5.68. The maximum absolute atomic E-state index is 12.2. The Bertz CT molecular complexity index is 860. The molecule has 0 atom stereocenters. The highest BCUT2D eigenvalue weighted by molar-refractivity contribution is 7.89. The molecule has 2 heterocycles. The summed E-state index contributed by atoms with van der Waals surface area (Å²) in [4.78, 5) is 8.13. The van der Waals surface area contributed by atoms with E-state index in [9.17, 15) is 8.42 Å². The molecule has 3 aromatic rings. The Morgan fingerprint density at radius 2 is 2.05 bits per heavy atom. The second-order valence-electron chi connectivity index (χ2n) is 4.21. The molecule has 0 saturated carbocycles. The smallest absolute Gasteiger partial charge is 0.243 e. The molecule has 0 aliphatic carbocycles. The average Bonchev–Trinajstić information content (AvgIpc) is 2.88. The normalized spacial score (nSPS) is 11.9. The van der Waals surface area contributed by atoms with Gasteiger partial charge < -0.3 is 0 Å². The molecule has 5 nitrogen and oxygen atoms in total. The molecule has 2 aromatic heterocycles. The van der Waals surface area contributed by atoms with Gasteiger partial charge in [0.15, 0.2) is 0 Å². The number of thiazole rings is 1. The van der Waals surface area contributed by atoms with E-state index >= 15 is 0 Å². The van der Waals surface area contributed by atoms with Gasteiger partial charge >= 0.3 is 0 Å². The third kappa shape index (κ3) is 3.06. The summed E-state index contributed by atoms with van der Waals surface area (Å²) in [5, 5.41) is 0.835. The van der Waals surface area contributed by atoms with Crippen molar-refractivity contribution >= 4 is 43.2 Å². The highest BCUT2D eigenvalue weighted by Gasteiger charge is 2.18. The van der Waals surface area contributed by atoms with Gasteiger partial charge in [-0.3, -0.25) is 4.98 Å². The van der Waals surface area contributed by atoms with Crippen LogP contribution in [0.15, 0.2) is 47.6 Å². The molecule has 0 aliphatic rings. The molecule has 0 radical (unpaired) electrons. The Labute approximate surface area is 130 Å². The number of hydrogen-bond acceptors (Lipinski definition) is 5. The van der Waals surface area contributed by atoms with E-state index < -0.39 is 10.0 Å². The van der Waals surface area contributed by atoms with Gasteiger partial charge in [0.2, 0.25) is 10.0 Å². The van der Waals surface area contributed by atoms with Crippen molar-refractivity contribution in [1.82, 2.24) is 14.7 Å². The molecule has 1 aromatic carbocycles. The van der Waals surface area contributed by atoms with Gasteiger partial charge in [-0.15, -0.1) is 11.3 Å². The van der Waals surface area contributed by atoms with Gasteiger partial charge in [0.1, 0.15) is 9.90 Å². The molecular formula is C13H10ClN3O2S2. The van der Waals surface area contributed by atoms with Crippen LogP contribution in [0.25, 0.3) is 10.2 Å². The predicted molar refractivity (Wildman–Crippen MR) is 82.9 cm³/mol. The molecule has 0 saturated heterocycles. The zero-order valence-corrected chi connectivity index (χ0v) is 13.0. The minimum absolute atomic E-state index is 0.0345. The molecule has 0 fully saturated rings. The largest absolute Gasteiger partial charge is 0.263 e. The van der Waals surface area contributed by atoms with Gasteiger partial charge in [0.05, 0.1) is 21.8 Å². The molecule has 0 amide bonds. The number of nitrogens with one attached hydrogen (secondary N) is 1. The van der Waals surface area contributed by atoms with E-state index in [1.807, 2.05) is 24.3 Å². The van der Waals surface area contributed by atoms with Crippen LogP contribution in [0.2, 0.25) is 5.02 Å². The summed E-state index contributed by atoms with van der Waals surface area (Å²) < 4.78 is 27.9. The van der Waals surface area contributed by atoms with Gasteiger partial charge in [0, 0.05) is 12.4 Å². The average molecular weight is 340 g/mol. The van der Waals surface area contributed by atoms with E-state index in [1.54, 1.807) is 0 Å². The summed E-state index contributed by atoms with van der Waals surface area (Å²) in [5.41, 5.74) is 0.858. The fraction of sp³-hybridized carbons (Fsp3) is 0.0769. The van der Waals surface area contributed by atoms with E-state index in [4.69, 9.17) is 11.6 Å². The second kappa shape index (κ2) is 5.69. The van der Waals surface area contributed by atoms with Crippen LogP contribution in [0, 0.1) is 0 Å². The highest BCUT2D eigenvalue weighted by atomic mass is 35.5. The summed E-state index contributed by atoms with van der Waals surface area (Å²) in [6.07, 6.45) is 2.66. The zero-order chi connectivity index (χ0) is 14.9. The number of fused-ring (bicyclic) bond motifs is 1. The van der Waals surface area contributed by atoms with Crippen LogP contribution in [-0.2, 0) is 16.6 Å². The zero-order valence-electron chi connectivity index (χ0n) is 10.7. The fourth-order valence-corrected chi connectivity index (χ4v) is 4.21. The number of aromatic nitrogens is 2. The fourth-order valence-electron chi connectivity index (χ4n) is 1.79. The highest BCUT2D eigenvalue weighted by Crippen LogP contribution is 2.23. The molecule has 21 heavy (non-hydrogen) atoms. The van der Waals surface area contributed by atoms with Crippen LogP contribution in [-0.4, -0.2) is 18.4 Å². The molecule has 8 heteroatoms. The quantitative estimate of drug-likeness (QED) is 0.793. The van der Waals surface area contributed by atoms with Gasteiger partial charge in [-0.1, -0.05) is 23.7 Å². The Kier molecular flexibility index (Phi) is 3.90. The number of pyridine rings is 1. The van der Waals surface area contributed by atoms with Gasteiger partial charge in [-0.05, 0) is 18.2 Å². The van der Waals surface area contributed by atoms with Crippen LogP contribution < -0.4 is 4.72 Å². The number of nitrogens with zero attached hydrogens (tertiary/aromatic N) is 2. The maximum atomic E-state index is 12.2. The molecule has 0 bridgehead atoms. The Morgan fingerprint density at radius 3 is 2.81 bits per heavy atom. The molecule has 1 N–H and O–H groups in total. The topological polar surface area (TPSA) is 72.0 Å².